The molecule has 0 unspecified atom stereocenters. The van der Waals surface area contributed by atoms with Crippen molar-refractivity contribution in [3.8, 4) is 11.4 Å². The van der Waals surface area contributed by atoms with Gasteiger partial charge in [0.05, 0.1) is 11.9 Å². The number of halogens is 1. The molecule has 2 aromatic rings. The SMILES string of the molecule is NCc1nn(-c2ccc(F)cc2)cc1O. The molecule has 2 rings (SSSR count). The molecule has 0 aliphatic heterocycles. The van der Waals surface area contributed by atoms with Gasteiger partial charge < -0.3 is 10.8 Å². The van der Waals surface area contributed by atoms with E-state index < -0.39 is 0 Å². The molecule has 0 atom stereocenters. The monoisotopic (exact) mass is 207 g/mol. The third-order valence-corrected chi connectivity index (χ3v) is 2.05. The summed E-state index contributed by atoms with van der Waals surface area (Å²) >= 11 is 0. The zero-order valence-corrected chi connectivity index (χ0v) is 7.89. The number of nitrogens with two attached hydrogens (primary N) is 1. The van der Waals surface area contributed by atoms with Crippen LogP contribution in [0.15, 0.2) is 30.5 Å². The van der Waals surface area contributed by atoms with Crippen LogP contribution in [-0.2, 0) is 6.54 Å². The molecule has 1 aromatic heterocycles. The molecule has 1 heterocycles. The summed E-state index contributed by atoms with van der Waals surface area (Å²) in [5.41, 5.74) is 6.46. The number of rotatable bonds is 2. The van der Waals surface area contributed by atoms with E-state index in [4.69, 9.17) is 5.73 Å². The molecule has 0 saturated carbocycles. The first-order valence-corrected chi connectivity index (χ1v) is 4.44. The van der Waals surface area contributed by atoms with Gasteiger partial charge in [-0.2, -0.15) is 5.10 Å². The highest BCUT2D eigenvalue weighted by molar-refractivity contribution is 5.34. The molecule has 3 N–H and O–H groups in total. The highest BCUT2D eigenvalue weighted by atomic mass is 19.1. The minimum Gasteiger partial charge on any atom is -0.504 e. The zero-order chi connectivity index (χ0) is 10.8. The molecule has 5 heteroatoms. The van der Waals surface area contributed by atoms with Crippen molar-refractivity contribution < 1.29 is 9.50 Å². The summed E-state index contributed by atoms with van der Waals surface area (Å²) in [6.45, 7) is 0.167. The summed E-state index contributed by atoms with van der Waals surface area (Å²) in [7, 11) is 0. The molecule has 0 saturated heterocycles. The van der Waals surface area contributed by atoms with Gasteiger partial charge in [-0.15, -0.1) is 0 Å². The number of aromatic hydroxyl groups is 1. The maximum absolute atomic E-state index is 12.7. The summed E-state index contributed by atoms with van der Waals surface area (Å²) in [5, 5.41) is 13.5. The largest absolute Gasteiger partial charge is 0.504 e. The lowest BCUT2D eigenvalue weighted by molar-refractivity contribution is 0.468. The molecule has 1 aromatic carbocycles. The van der Waals surface area contributed by atoms with Gasteiger partial charge >= 0.3 is 0 Å². The first kappa shape index (κ1) is 9.67. The van der Waals surface area contributed by atoms with Gasteiger partial charge in [0, 0.05) is 6.54 Å². The quantitative estimate of drug-likeness (QED) is 0.777. The summed E-state index contributed by atoms with van der Waals surface area (Å²) < 4.78 is 14.1. The second-order valence-electron chi connectivity index (χ2n) is 3.09. The molecule has 0 amide bonds. The zero-order valence-electron chi connectivity index (χ0n) is 7.89. The smallest absolute Gasteiger partial charge is 0.158 e. The van der Waals surface area contributed by atoms with Crippen molar-refractivity contribution in [1.29, 1.82) is 0 Å². The minimum atomic E-state index is -0.311. The van der Waals surface area contributed by atoms with Crippen LogP contribution in [0.3, 0.4) is 0 Å². The maximum Gasteiger partial charge on any atom is 0.158 e. The second-order valence-corrected chi connectivity index (χ2v) is 3.09. The second kappa shape index (κ2) is 3.70. The Kier molecular flexibility index (Phi) is 2.39. The van der Waals surface area contributed by atoms with Gasteiger partial charge in [-0.3, -0.25) is 0 Å². The van der Waals surface area contributed by atoms with Crippen molar-refractivity contribution in [2.75, 3.05) is 0 Å². The summed E-state index contributed by atoms with van der Waals surface area (Å²) in [6, 6.07) is 5.80. The van der Waals surface area contributed by atoms with Crippen molar-refractivity contribution in [2.45, 2.75) is 6.54 Å². The molecule has 4 nitrogen and oxygen atoms in total. The summed E-state index contributed by atoms with van der Waals surface area (Å²) in [6.07, 6.45) is 1.44. The van der Waals surface area contributed by atoms with Crippen LogP contribution < -0.4 is 5.73 Å². The Labute approximate surface area is 85.8 Å². The van der Waals surface area contributed by atoms with E-state index >= 15 is 0 Å². The van der Waals surface area contributed by atoms with Gasteiger partial charge in [0.2, 0.25) is 0 Å². The predicted molar refractivity (Wildman–Crippen MR) is 53.1 cm³/mol. The van der Waals surface area contributed by atoms with Crippen LogP contribution in [0, 0.1) is 5.82 Å². The molecule has 0 fully saturated rings. The van der Waals surface area contributed by atoms with Crippen molar-refractivity contribution in [2.24, 2.45) is 5.73 Å². The van der Waals surface area contributed by atoms with E-state index in [9.17, 15) is 9.50 Å². The summed E-state index contributed by atoms with van der Waals surface area (Å²) in [4.78, 5) is 0. The van der Waals surface area contributed by atoms with Crippen molar-refractivity contribution in [3.63, 3.8) is 0 Å². The Morgan fingerprint density at radius 3 is 2.53 bits per heavy atom. The lowest BCUT2D eigenvalue weighted by atomic mass is 10.3. The van der Waals surface area contributed by atoms with Crippen LogP contribution in [0.25, 0.3) is 5.69 Å². The van der Waals surface area contributed by atoms with Crippen LogP contribution in [-0.4, -0.2) is 14.9 Å². The van der Waals surface area contributed by atoms with Crippen molar-refractivity contribution in [1.82, 2.24) is 9.78 Å². The van der Waals surface area contributed by atoms with E-state index in [-0.39, 0.29) is 18.1 Å². The van der Waals surface area contributed by atoms with Crippen molar-refractivity contribution >= 4 is 0 Å². The molecule has 0 radical (unpaired) electrons. The Hall–Kier alpha value is -1.88. The Bertz CT molecular complexity index is 464. The third kappa shape index (κ3) is 1.82. The molecular weight excluding hydrogens is 197 g/mol. The number of benzene rings is 1. The van der Waals surface area contributed by atoms with Crippen LogP contribution in [0.5, 0.6) is 5.75 Å². The lowest BCUT2D eigenvalue weighted by Crippen LogP contribution is -2.00. The number of aromatic nitrogens is 2. The standard InChI is InChI=1S/C10H10FN3O/c11-7-1-3-8(4-2-7)14-6-10(15)9(5-12)13-14/h1-4,6,15H,5,12H2. The first-order chi connectivity index (χ1) is 7.20. The van der Waals surface area contributed by atoms with Gasteiger partial charge in [-0.1, -0.05) is 0 Å². The maximum atomic E-state index is 12.7. The lowest BCUT2D eigenvalue weighted by Gasteiger charge is -1.99. The van der Waals surface area contributed by atoms with E-state index in [0.717, 1.165) is 0 Å². The highest BCUT2D eigenvalue weighted by Gasteiger charge is 2.06. The molecule has 15 heavy (non-hydrogen) atoms. The van der Waals surface area contributed by atoms with Gasteiger partial charge in [0.1, 0.15) is 11.5 Å². The van der Waals surface area contributed by atoms with Crippen LogP contribution in [0.2, 0.25) is 0 Å². The molecular formula is C10H10FN3O. The average Bonchev–Trinajstić information content (AvgIpc) is 2.61. The average molecular weight is 207 g/mol. The number of hydrogen-bond acceptors (Lipinski definition) is 3. The molecule has 0 aliphatic carbocycles. The van der Waals surface area contributed by atoms with E-state index in [1.807, 2.05) is 0 Å². The van der Waals surface area contributed by atoms with E-state index in [2.05, 4.69) is 5.10 Å². The fourth-order valence-electron chi connectivity index (χ4n) is 1.27. The topological polar surface area (TPSA) is 64.1 Å². The normalized spacial score (nSPS) is 10.5. The molecule has 0 spiro atoms. The Morgan fingerprint density at radius 2 is 2.00 bits per heavy atom. The molecule has 0 aliphatic rings. The van der Waals surface area contributed by atoms with Crippen LogP contribution in [0.1, 0.15) is 5.69 Å². The van der Waals surface area contributed by atoms with E-state index in [1.165, 1.54) is 23.0 Å². The van der Waals surface area contributed by atoms with Crippen molar-refractivity contribution in [3.05, 3.63) is 42.0 Å². The summed E-state index contributed by atoms with van der Waals surface area (Å²) in [5.74, 6) is -0.268. The minimum absolute atomic E-state index is 0.0434. The fourth-order valence-corrected chi connectivity index (χ4v) is 1.27. The highest BCUT2D eigenvalue weighted by Crippen LogP contribution is 2.17. The Balaban J connectivity index is 2.41. The van der Waals surface area contributed by atoms with E-state index in [0.29, 0.717) is 11.4 Å². The molecule has 78 valence electrons. The molecule has 0 bridgehead atoms. The fraction of sp³-hybridized carbons (Fsp3) is 0.100. The third-order valence-electron chi connectivity index (χ3n) is 2.05. The van der Waals surface area contributed by atoms with Gasteiger partial charge in [0.15, 0.2) is 5.75 Å². The van der Waals surface area contributed by atoms with Crippen LogP contribution >= 0.6 is 0 Å². The predicted octanol–water partition coefficient (Wildman–Crippen LogP) is 1.18. The Morgan fingerprint density at radius 1 is 1.33 bits per heavy atom. The van der Waals surface area contributed by atoms with Gasteiger partial charge in [-0.25, -0.2) is 9.07 Å². The van der Waals surface area contributed by atoms with Gasteiger partial charge in [0.25, 0.3) is 0 Å². The van der Waals surface area contributed by atoms with Gasteiger partial charge in [-0.05, 0) is 24.3 Å². The number of nitrogens with zero attached hydrogens (tertiary/aromatic N) is 2. The first-order valence-electron chi connectivity index (χ1n) is 4.44. The van der Waals surface area contributed by atoms with Crippen LogP contribution in [0.4, 0.5) is 4.39 Å². The number of hydrogen-bond donors (Lipinski definition) is 2. The van der Waals surface area contributed by atoms with E-state index in [1.54, 1.807) is 12.1 Å².